The van der Waals surface area contributed by atoms with Gasteiger partial charge in [-0.25, -0.2) is 4.98 Å². The van der Waals surface area contributed by atoms with Crippen LogP contribution in [-0.2, 0) is 7.05 Å². The molecule has 0 amide bonds. The highest BCUT2D eigenvalue weighted by molar-refractivity contribution is 5.88. The summed E-state index contributed by atoms with van der Waals surface area (Å²) in [7, 11) is 1.97. The Labute approximate surface area is 155 Å². The van der Waals surface area contributed by atoms with Crippen LogP contribution in [0.3, 0.4) is 0 Å². The van der Waals surface area contributed by atoms with Gasteiger partial charge in [-0.3, -0.25) is 4.68 Å². The molecule has 4 rings (SSSR count). The van der Waals surface area contributed by atoms with Crippen LogP contribution in [0, 0.1) is 12.8 Å². The highest BCUT2D eigenvalue weighted by atomic mass is 15.3. The standard InChI is InChI=1S/C22H26N4/c1-15(17-7-5-4-6-8-17)25-22-12-20-11-18(9-10-19(20)13-23-22)21-14-24-26(3)16(21)2/h9-14,17H,1,4-8H2,2-3H3,(H,23,25). The van der Waals surface area contributed by atoms with Gasteiger partial charge < -0.3 is 5.32 Å². The molecule has 0 unspecified atom stereocenters. The number of anilines is 1. The Kier molecular flexibility index (Phi) is 4.49. The van der Waals surface area contributed by atoms with Gasteiger partial charge in [0, 0.05) is 35.6 Å². The van der Waals surface area contributed by atoms with Crippen LogP contribution in [0.1, 0.15) is 37.8 Å². The molecule has 0 aliphatic heterocycles. The van der Waals surface area contributed by atoms with E-state index in [-0.39, 0.29) is 0 Å². The summed E-state index contributed by atoms with van der Waals surface area (Å²) < 4.78 is 1.91. The average Bonchev–Trinajstić information content (AvgIpc) is 3.00. The van der Waals surface area contributed by atoms with Crippen molar-refractivity contribution in [3.63, 3.8) is 0 Å². The lowest BCUT2D eigenvalue weighted by atomic mass is 9.87. The summed E-state index contributed by atoms with van der Waals surface area (Å²) in [5.74, 6) is 1.46. The molecule has 1 N–H and O–H groups in total. The monoisotopic (exact) mass is 346 g/mol. The molecule has 0 radical (unpaired) electrons. The first-order chi connectivity index (χ1) is 12.6. The van der Waals surface area contributed by atoms with Gasteiger partial charge in [-0.1, -0.05) is 38.0 Å². The minimum atomic E-state index is 0.575. The third-order valence-corrected chi connectivity index (χ3v) is 5.65. The highest BCUT2D eigenvalue weighted by Crippen LogP contribution is 2.31. The number of aryl methyl sites for hydroxylation is 1. The number of hydrogen-bond acceptors (Lipinski definition) is 3. The molecule has 134 valence electrons. The van der Waals surface area contributed by atoms with Crippen molar-refractivity contribution in [2.24, 2.45) is 13.0 Å². The quantitative estimate of drug-likeness (QED) is 0.683. The molecule has 1 aliphatic carbocycles. The van der Waals surface area contributed by atoms with E-state index in [9.17, 15) is 0 Å². The zero-order valence-corrected chi connectivity index (χ0v) is 15.6. The van der Waals surface area contributed by atoms with Crippen LogP contribution in [-0.4, -0.2) is 14.8 Å². The summed E-state index contributed by atoms with van der Waals surface area (Å²) in [6.07, 6.45) is 10.3. The van der Waals surface area contributed by atoms with E-state index in [0.29, 0.717) is 5.92 Å². The van der Waals surface area contributed by atoms with Crippen LogP contribution in [0.5, 0.6) is 0 Å². The largest absolute Gasteiger partial charge is 0.344 e. The van der Waals surface area contributed by atoms with E-state index in [0.717, 1.165) is 16.9 Å². The van der Waals surface area contributed by atoms with Gasteiger partial charge in [0.1, 0.15) is 5.82 Å². The molecular formula is C22H26N4. The van der Waals surface area contributed by atoms with E-state index in [4.69, 9.17) is 0 Å². The molecule has 26 heavy (non-hydrogen) atoms. The molecule has 0 bridgehead atoms. The molecule has 0 spiro atoms. The van der Waals surface area contributed by atoms with Crippen molar-refractivity contribution in [2.45, 2.75) is 39.0 Å². The summed E-state index contributed by atoms with van der Waals surface area (Å²) in [5.41, 5.74) is 4.64. The van der Waals surface area contributed by atoms with Crippen LogP contribution in [0.15, 0.2) is 48.9 Å². The maximum atomic E-state index is 4.58. The van der Waals surface area contributed by atoms with Crippen molar-refractivity contribution >= 4 is 16.6 Å². The Morgan fingerprint density at radius 1 is 1.12 bits per heavy atom. The first kappa shape index (κ1) is 16.8. The Hall–Kier alpha value is -2.62. The Balaban J connectivity index is 1.61. The number of benzene rings is 1. The number of nitrogens with one attached hydrogen (secondary N) is 1. The second-order valence-corrected chi connectivity index (χ2v) is 7.38. The van der Waals surface area contributed by atoms with Crippen molar-refractivity contribution < 1.29 is 0 Å². The summed E-state index contributed by atoms with van der Waals surface area (Å²) in [5, 5.41) is 10.1. The van der Waals surface area contributed by atoms with E-state index in [1.54, 1.807) is 0 Å². The van der Waals surface area contributed by atoms with Crippen LogP contribution < -0.4 is 5.32 Å². The average molecular weight is 346 g/mol. The molecule has 2 aromatic heterocycles. The number of aromatic nitrogens is 3. The molecule has 1 saturated carbocycles. The fourth-order valence-corrected chi connectivity index (χ4v) is 3.88. The fourth-order valence-electron chi connectivity index (χ4n) is 3.88. The molecule has 1 aromatic carbocycles. The van der Waals surface area contributed by atoms with Gasteiger partial charge in [0.25, 0.3) is 0 Å². The first-order valence-electron chi connectivity index (χ1n) is 9.46. The molecule has 2 heterocycles. The van der Waals surface area contributed by atoms with E-state index >= 15 is 0 Å². The summed E-state index contributed by atoms with van der Waals surface area (Å²) in [6.45, 7) is 6.37. The maximum absolute atomic E-state index is 4.58. The van der Waals surface area contributed by atoms with Gasteiger partial charge in [0.2, 0.25) is 0 Å². The lowest BCUT2D eigenvalue weighted by molar-refractivity contribution is 0.405. The SMILES string of the molecule is C=C(Nc1cc2cc(-c3cnn(C)c3C)ccc2cn1)C1CCCCC1. The molecule has 4 heteroatoms. The number of pyridine rings is 1. The van der Waals surface area contributed by atoms with E-state index in [1.807, 2.05) is 24.1 Å². The smallest absolute Gasteiger partial charge is 0.130 e. The van der Waals surface area contributed by atoms with Crippen LogP contribution in [0.25, 0.3) is 21.9 Å². The van der Waals surface area contributed by atoms with Crippen molar-refractivity contribution in [3.05, 3.63) is 54.6 Å². The minimum Gasteiger partial charge on any atom is -0.344 e. The number of allylic oxidation sites excluding steroid dienone is 1. The molecule has 0 saturated heterocycles. The second-order valence-electron chi connectivity index (χ2n) is 7.38. The van der Waals surface area contributed by atoms with Gasteiger partial charge in [-0.15, -0.1) is 0 Å². The minimum absolute atomic E-state index is 0.575. The lowest BCUT2D eigenvalue weighted by Crippen LogP contribution is -2.14. The number of rotatable bonds is 4. The molecule has 3 aromatic rings. The van der Waals surface area contributed by atoms with Crippen LogP contribution in [0.4, 0.5) is 5.82 Å². The van der Waals surface area contributed by atoms with E-state index in [2.05, 4.69) is 53.2 Å². The fraction of sp³-hybridized carbons (Fsp3) is 0.364. The van der Waals surface area contributed by atoms with Crippen molar-refractivity contribution in [3.8, 4) is 11.1 Å². The van der Waals surface area contributed by atoms with Gasteiger partial charge in [0.15, 0.2) is 0 Å². The van der Waals surface area contributed by atoms with Gasteiger partial charge in [-0.05, 0) is 48.8 Å². The molecule has 4 nitrogen and oxygen atoms in total. The summed E-state index contributed by atoms with van der Waals surface area (Å²) in [6, 6.07) is 8.61. The summed E-state index contributed by atoms with van der Waals surface area (Å²) >= 11 is 0. The molecule has 0 atom stereocenters. The number of hydrogen-bond donors (Lipinski definition) is 1. The van der Waals surface area contributed by atoms with Crippen LogP contribution >= 0.6 is 0 Å². The van der Waals surface area contributed by atoms with Crippen LogP contribution in [0.2, 0.25) is 0 Å². The highest BCUT2D eigenvalue weighted by Gasteiger charge is 2.17. The van der Waals surface area contributed by atoms with Gasteiger partial charge >= 0.3 is 0 Å². The van der Waals surface area contributed by atoms with E-state index in [1.165, 1.54) is 54.3 Å². The molecule has 1 fully saturated rings. The van der Waals surface area contributed by atoms with Crippen molar-refractivity contribution in [1.82, 2.24) is 14.8 Å². The third-order valence-electron chi connectivity index (χ3n) is 5.65. The third kappa shape index (κ3) is 3.24. The summed E-state index contributed by atoms with van der Waals surface area (Å²) in [4.78, 5) is 4.58. The maximum Gasteiger partial charge on any atom is 0.130 e. The second kappa shape index (κ2) is 6.94. The normalized spacial score (nSPS) is 15.3. The van der Waals surface area contributed by atoms with Gasteiger partial charge in [0.05, 0.1) is 6.20 Å². The number of nitrogens with zero attached hydrogens (tertiary/aromatic N) is 3. The lowest BCUT2D eigenvalue weighted by Gasteiger charge is -2.24. The topological polar surface area (TPSA) is 42.7 Å². The molecular weight excluding hydrogens is 320 g/mol. The van der Waals surface area contributed by atoms with E-state index < -0.39 is 0 Å². The Morgan fingerprint density at radius 2 is 1.92 bits per heavy atom. The predicted molar refractivity (Wildman–Crippen MR) is 108 cm³/mol. The van der Waals surface area contributed by atoms with Gasteiger partial charge in [-0.2, -0.15) is 5.10 Å². The molecule has 1 aliphatic rings. The number of fused-ring (bicyclic) bond motifs is 1. The van der Waals surface area contributed by atoms with Crippen molar-refractivity contribution in [2.75, 3.05) is 5.32 Å². The Morgan fingerprint density at radius 3 is 2.65 bits per heavy atom. The zero-order chi connectivity index (χ0) is 18.1. The Bertz CT molecular complexity index is 948. The zero-order valence-electron chi connectivity index (χ0n) is 15.6. The predicted octanol–water partition coefficient (Wildman–Crippen LogP) is 5.45. The van der Waals surface area contributed by atoms with Crippen molar-refractivity contribution in [1.29, 1.82) is 0 Å². The first-order valence-corrected chi connectivity index (χ1v) is 9.46.